The Morgan fingerprint density at radius 3 is 2.50 bits per heavy atom. The van der Waals surface area contributed by atoms with E-state index in [4.69, 9.17) is 10.9 Å². The van der Waals surface area contributed by atoms with Crippen LogP contribution in [0.3, 0.4) is 0 Å². The molecule has 11 nitrogen and oxygen atoms in total. The molecule has 2 atom stereocenters. The van der Waals surface area contributed by atoms with Crippen molar-refractivity contribution in [3.05, 3.63) is 35.9 Å². The minimum atomic E-state index is -3.74. The largest absolute Gasteiger partial charge is 0.368 e. The summed E-state index contributed by atoms with van der Waals surface area (Å²) in [4.78, 5) is 29.1. The van der Waals surface area contributed by atoms with Crippen LogP contribution in [-0.2, 0) is 26.0 Å². The average Bonchev–Trinajstić information content (AvgIpc) is 3.31. The number of sulfonamides is 1. The van der Waals surface area contributed by atoms with Crippen LogP contribution in [-0.4, -0.2) is 90.4 Å². The second-order valence-electron chi connectivity index (χ2n) is 8.95. The topological polar surface area (TPSA) is 149 Å². The molecule has 2 fully saturated rings. The number of amides is 2. The SMILES string of the molecule is CS(=O)(=O)N(CC1CCN(C=NNO)CC1)[C@H](Cc1ccccc1)C(=O)N1CCC[C@H]1C(N)=O. The summed E-state index contributed by atoms with van der Waals surface area (Å²) < 4.78 is 27.3. The summed E-state index contributed by atoms with van der Waals surface area (Å²) in [5.41, 5.74) is 8.11. The highest BCUT2D eigenvalue weighted by molar-refractivity contribution is 7.88. The van der Waals surface area contributed by atoms with Gasteiger partial charge < -0.3 is 15.5 Å². The van der Waals surface area contributed by atoms with E-state index < -0.39 is 28.0 Å². The van der Waals surface area contributed by atoms with Gasteiger partial charge >= 0.3 is 0 Å². The fraction of sp³-hybridized carbons (Fsp3) is 0.591. The van der Waals surface area contributed by atoms with E-state index in [0.29, 0.717) is 45.3 Å². The molecule has 2 aliphatic heterocycles. The highest BCUT2D eigenvalue weighted by Crippen LogP contribution is 2.25. The van der Waals surface area contributed by atoms with Gasteiger partial charge in [0.25, 0.3) is 0 Å². The number of nitrogens with one attached hydrogen (secondary N) is 1. The van der Waals surface area contributed by atoms with E-state index in [2.05, 4.69) is 5.10 Å². The Hall–Kier alpha value is -2.70. The number of hydrazone groups is 1. The van der Waals surface area contributed by atoms with Gasteiger partial charge in [0.15, 0.2) is 0 Å². The second kappa shape index (κ2) is 11.6. The summed E-state index contributed by atoms with van der Waals surface area (Å²) in [6.45, 7) is 1.90. The van der Waals surface area contributed by atoms with Gasteiger partial charge in [0.2, 0.25) is 21.8 Å². The van der Waals surface area contributed by atoms with E-state index in [0.717, 1.165) is 11.8 Å². The van der Waals surface area contributed by atoms with E-state index in [9.17, 15) is 18.0 Å². The smallest absolute Gasteiger partial charge is 0.242 e. The number of nitrogens with two attached hydrogens (primary N) is 1. The van der Waals surface area contributed by atoms with Gasteiger partial charge in [0, 0.05) is 26.2 Å². The van der Waals surface area contributed by atoms with Gasteiger partial charge in [-0.1, -0.05) is 30.3 Å². The molecule has 2 aliphatic rings. The zero-order chi connectivity index (χ0) is 24.7. The number of likely N-dealkylation sites (tertiary alicyclic amines) is 2. The van der Waals surface area contributed by atoms with Gasteiger partial charge in [-0.15, -0.1) is 5.10 Å². The molecule has 1 aromatic rings. The second-order valence-corrected chi connectivity index (χ2v) is 10.9. The lowest BCUT2D eigenvalue weighted by atomic mass is 9.96. The summed E-state index contributed by atoms with van der Waals surface area (Å²) in [6.07, 6.45) is 5.40. The van der Waals surface area contributed by atoms with E-state index in [-0.39, 0.29) is 24.8 Å². The fourth-order valence-corrected chi connectivity index (χ4v) is 5.88. The van der Waals surface area contributed by atoms with Crippen molar-refractivity contribution >= 4 is 28.2 Å². The molecule has 188 valence electrons. The van der Waals surface area contributed by atoms with Crippen molar-refractivity contribution in [1.82, 2.24) is 19.7 Å². The van der Waals surface area contributed by atoms with Crippen molar-refractivity contribution in [3.63, 3.8) is 0 Å². The van der Waals surface area contributed by atoms with Crippen molar-refractivity contribution in [2.45, 2.75) is 44.2 Å². The molecule has 0 aliphatic carbocycles. The molecule has 2 heterocycles. The van der Waals surface area contributed by atoms with Crippen LogP contribution in [0.25, 0.3) is 0 Å². The lowest BCUT2D eigenvalue weighted by molar-refractivity contribution is -0.140. The molecule has 4 N–H and O–H groups in total. The Morgan fingerprint density at radius 2 is 1.91 bits per heavy atom. The summed E-state index contributed by atoms with van der Waals surface area (Å²) in [5, 5.41) is 12.2. The number of piperidine rings is 1. The first-order valence-corrected chi connectivity index (χ1v) is 13.3. The van der Waals surface area contributed by atoms with Crippen LogP contribution in [0.1, 0.15) is 31.2 Å². The summed E-state index contributed by atoms with van der Waals surface area (Å²) in [5.74, 6) is -0.895. The lowest BCUT2D eigenvalue weighted by Crippen LogP contribution is -2.56. The molecule has 0 spiro atoms. The monoisotopic (exact) mass is 494 g/mol. The van der Waals surface area contributed by atoms with Crippen molar-refractivity contribution in [2.75, 3.05) is 32.4 Å². The normalized spacial score (nSPS) is 20.7. The van der Waals surface area contributed by atoms with Crippen LogP contribution >= 0.6 is 0 Å². The zero-order valence-corrected chi connectivity index (χ0v) is 20.2. The minimum Gasteiger partial charge on any atom is -0.368 e. The maximum atomic E-state index is 13.7. The molecule has 1 aromatic carbocycles. The minimum absolute atomic E-state index is 0.0537. The van der Waals surface area contributed by atoms with Gasteiger partial charge in [-0.3, -0.25) is 14.8 Å². The van der Waals surface area contributed by atoms with Gasteiger partial charge in [-0.05, 0) is 43.6 Å². The predicted molar refractivity (Wildman–Crippen MR) is 127 cm³/mol. The van der Waals surface area contributed by atoms with E-state index in [1.165, 1.54) is 15.5 Å². The Labute approximate surface area is 200 Å². The van der Waals surface area contributed by atoms with Gasteiger partial charge in [0.05, 0.1) is 6.26 Å². The average molecular weight is 495 g/mol. The first-order valence-electron chi connectivity index (χ1n) is 11.5. The third kappa shape index (κ3) is 6.67. The zero-order valence-electron chi connectivity index (χ0n) is 19.4. The number of nitrogens with zero attached hydrogens (tertiary/aromatic N) is 4. The van der Waals surface area contributed by atoms with Crippen molar-refractivity contribution in [3.8, 4) is 0 Å². The van der Waals surface area contributed by atoms with Gasteiger partial charge in [-0.25, -0.2) is 8.42 Å². The number of carbonyl (C=O) groups is 2. The fourth-order valence-electron chi connectivity index (χ4n) is 4.77. The summed E-state index contributed by atoms with van der Waals surface area (Å²) in [7, 11) is -3.74. The van der Waals surface area contributed by atoms with Gasteiger partial charge in [0.1, 0.15) is 18.4 Å². The molecule has 0 radical (unpaired) electrons. The van der Waals surface area contributed by atoms with E-state index in [1.807, 2.05) is 35.2 Å². The van der Waals surface area contributed by atoms with Crippen LogP contribution in [0, 0.1) is 5.92 Å². The number of hydrogen-bond donors (Lipinski definition) is 3. The van der Waals surface area contributed by atoms with Crippen LogP contribution in [0.15, 0.2) is 35.4 Å². The molecule has 0 aromatic heterocycles. The quantitative estimate of drug-likeness (QED) is 0.235. The Morgan fingerprint density at radius 1 is 1.24 bits per heavy atom. The third-order valence-electron chi connectivity index (χ3n) is 6.56. The maximum absolute atomic E-state index is 13.7. The van der Waals surface area contributed by atoms with Gasteiger partial charge in [-0.2, -0.15) is 9.89 Å². The Kier molecular flexibility index (Phi) is 8.86. The van der Waals surface area contributed by atoms with Crippen LogP contribution in [0.5, 0.6) is 0 Å². The van der Waals surface area contributed by atoms with Crippen LogP contribution in [0.4, 0.5) is 0 Å². The molecule has 34 heavy (non-hydrogen) atoms. The summed E-state index contributed by atoms with van der Waals surface area (Å²) >= 11 is 0. The molecule has 3 rings (SSSR count). The lowest BCUT2D eigenvalue weighted by Gasteiger charge is -2.37. The van der Waals surface area contributed by atoms with Crippen molar-refractivity contribution < 1.29 is 23.2 Å². The number of primary amides is 1. The highest BCUT2D eigenvalue weighted by atomic mass is 32.2. The molecular weight excluding hydrogens is 460 g/mol. The molecule has 0 unspecified atom stereocenters. The maximum Gasteiger partial charge on any atom is 0.242 e. The number of rotatable bonds is 10. The van der Waals surface area contributed by atoms with Crippen molar-refractivity contribution in [2.24, 2.45) is 16.8 Å². The van der Waals surface area contributed by atoms with E-state index in [1.54, 1.807) is 5.59 Å². The van der Waals surface area contributed by atoms with Crippen LogP contribution in [0.2, 0.25) is 0 Å². The third-order valence-corrected chi connectivity index (χ3v) is 7.82. The van der Waals surface area contributed by atoms with E-state index >= 15 is 0 Å². The molecule has 0 bridgehead atoms. The van der Waals surface area contributed by atoms with Crippen LogP contribution < -0.4 is 11.3 Å². The number of hydrogen-bond acceptors (Lipinski definition) is 7. The highest BCUT2D eigenvalue weighted by Gasteiger charge is 2.41. The standard InChI is InChI=1S/C22H34N6O5S/c1-34(32,33)28(15-18-9-12-26(13-10-18)16-24-25-31)20(14-17-6-3-2-4-7-17)22(30)27-11-5-8-19(27)21(23)29/h2-4,6-7,16,18-20,25,31H,5,8-15H2,1H3,(H2,23,29)/t19-,20+/m0/s1. The molecule has 2 saturated heterocycles. The molecule has 12 heteroatoms. The first kappa shape index (κ1) is 25.9. The first-order chi connectivity index (χ1) is 16.2. The number of benzene rings is 1. The van der Waals surface area contributed by atoms with Crippen molar-refractivity contribution in [1.29, 1.82) is 0 Å². The Balaban J connectivity index is 1.85. The molecule has 2 amide bonds. The summed E-state index contributed by atoms with van der Waals surface area (Å²) in [6, 6.07) is 7.61. The molecular formula is C22H34N6O5S. The number of carbonyl (C=O) groups excluding carboxylic acids is 2. The predicted octanol–water partition coefficient (Wildman–Crippen LogP) is -0.0303. The molecule has 0 saturated carbocycles. The Bertz CT molecular complexity index is 965.